The molecule has 3 rings (SSSR count). The van der Waals surface area contributed by atoms with Gasteiger partial charge in [0.1, 0.15) is 0 Å². The standard InChI is InChI=1S/C22H20F3N3O3/c1-3-31-21(30)15-9-11-16(12-10-15)27-28-18(14-7-5-4-6-8-14)13-17(22(23,24)25)19(26-2)20(28)29/h4-8,13,15H,3,9-12H2,1H3. The Kier molecular flexibility index (Phi) is 6.59. The molecule has 1 saturated carbocycles. The Balaban J connectivity index is 2.08. The van der Waals surface area contributed by atoms with Gasteiger partial charge in [0.15, 0.2) is 0 Å². The minimum Gasteiger partial charge on any atom is -0.466 e. The van der Waals surface area contributed by atoms with E-state index in [0.29, 0.717) is 37.0 Å². The van der Waals surface area contributed by atoms with Crippen LogP contribution in [0.3, 0.4) is 0 Å². The van der Waals surface area contributed by atoms with E-state index in [1.807, 2.05) is 0 Å². The average Bonchev–Trinajstić information content (AvgIpc) is 2.75. The molecular formula is C22H20F3N3O3. The summed E-state index contributed by atoms with van der Waals surface area (Å²) in [5, 5.41) is 4.32. The van der Waals surface area contributed by atoms with Crippen LogP contribution in [0.2, 0.25) is 0 Å². The van der Waals surface area contributed by atoms with Crippen molar-refractivity contribution in [1.82, 2.24) is 4.68 Å². The van der Waals surface area contributed by atoms with Gasteiger partial charge >= 0.3 is 12.1 Å². The zero-order valence-corrected chi connectivity index (χ0v) is 16.8. The van der Waals surface area contributed by atoms with Gasteiger partial charge in [-0.2, -0.15) is 18.3 Å². The number of hydrogen-bond donors (Lipinski definition) is 0. The van der Waals surface area contributed by atoms with Crippen LogP contribution in [0.1, 0.15) is 38.2 Å². The van der Waals surface area contributed by atoms with Gasteiger partial charge in [0.25, 0.3) is 11.2 Å². The van der Waals surface area contributed by atoms with Crippen LogP contribution >= 0.6 is 0 Å². The predicted molar refractivity (Wildman–Crippen MR) is 109 cm³/mol. The summed E-state index contributed by atoms with van der Waals surface area (Å²) >= 11 is 0. The van der Waals surface area contributed by atoms with Gasteiger partial charge in [-0.15, -0.1) is 0 Å². The van der Waals surface area contributed by atoms with Crippen molar-refractivity contribution in [3.05, 3.63) is 63.7 Å². The number of ether oxygens (including phenoxy) is 1. The first-order valence-corrected chi connectivity index (χ1v) is 9.79. The summed E-state index contributed by atoms with van der Waals surface area (Å²) < 4.78 is 46.4. The Morgan fingerprint density at radius 3 is 2.45 bits per heavy atom. The normalized spacial score (nSPS) is 16.5. The van der Waals surface area contributed by atoms with E-state index in [1.165, 1.54) is 0 Å². The second-order valence-electron chi connectivity index (χ2n) is 7.08. The number of benzene rings is 1. The molecule has 0 unspecified atom stereocenters. The molecule has 1 aromatic heterocycles. The third kappa shape index (κ3) is 4.85. The highest BCUT2D eigenvalue weighted by Gasteiger charge is 2.36. The Morgan fingerprint density at radius 2 is 1.90 bits per heavy atom. The minimum absolute atomic E-state index is 0.0506. The summed E-state index contributed by atoms with van der Waals surface area (Å²) in [6, 6.07) is 8.91. The molecule has 6 nitrogen and oxygen atoms in total. The van der Waals surface area contributed by atoms with Gasteiger partial charge in [0, 0.05) is 11.3 Å². The van der Waals surface area contributed by atoms with E-state index in [9.17, 15) is 22.8 Å². The first kappa shape index (κ1) is 22.3. The zero-order chi connectivity index (χ0) is 22.6. The zero-order valence-electron chi connectivity index (χ0n) is 16.8. The first-order valence-electron chi connectivity index (χ1n) is 9.79. The number of pyridine rings is 1. The summed E-state index contributed by atoms with van der Waals surface area (Å²) in [6.45, 7) is 9.14. The van der Waals surface area contributed by atoms with Crippen molar-refractivity contribution in [2.75, 3.05) is 6.61 Å². The van der Waals surface area contributed by atoms with E-state index in [1.54, 1.807) is 37.3 Å². The lowest BCUT2D eigenvalue weighted by atomic mass is 9.88. The average molecular weight is 431 g/mol. The van der Waals surface area contributed by atoms with Gasteiger partial charge in [-0.1, -0.05) is 30.3 Å². The fourth-order valence-corrected chi connectivity index (χ4v) is 3.52. The highest BCUT2D eigenvalue weighted by molar-refractivity contribution is 5.87. The van der Waals surface area contributed by atoms with Crippen LogP contribution in [0.5, 0.6) is 0 Å². The molecule has 0 aliphatic heterocycles. The highest BCUT2D eigenvalue weighted by Crippen LogP contribution is 2.37. The van der Waals surface area contributed by atoms with Crippen molar-refractivity contribution >= 4 is 17.4 Å². The smallest absolute Gasteiger partial charge is 0.407 e. The maximum atomic E-state index is 13.5. The number of carbonyl (C=O) groups is 1. The van der Waals surface area contributed by atoms with Crippen LogP contribution in [0.4, 0.5) is 18.9 Å². The fraction of sp³-hybridized carbons (Fsp3) is 0.364. The lowest BCUT2D eigenvalue weighted by molar-refractivity contribution is -0.148. The van der Waals surface area contributed by atoms with E-state index in [4.69, 9.17) is 11.3 Å². The molecule has 1 aliphatic carbocycles. The monoisotopic (exact) mass is 431 g/mol. The number of rotatable bonds is 4. The molecule has 0 saturated heterocycles. The lowest BCUT2D eigenvalue weighted by Crippen LogP contribution is -2.26. The highest BCUT2D eigenvalue weighted by atomic mass is 19.4. The number of alkyl halides is 3. The van der Waals surface area contributed by atoms with Gasteiger partial charge in [-0.25, -0.2) is 9.52 Å². The fourth-order valence-electron chi connectivity index (χ4n) is 3.52. The van der Waals surface area contributed by atoms with E-state index >= 15 is 0 Å². The molecule has 1 aromatic carbocycles. The van der Waals surface area contributed by atoms with Crippen LogP contribution < -0.4 is 5.56 Å². The third-order valence-electron chi connectivity index (χ3n) is 5.07. The molecule has 1 aliphatic rings. The third-order valence-corrected chi connectivity index (χ3v) is 5.07. The van der Waals surface area contributed by atoms with Crippen LogP contribution in [0.15, 0.2) is 46.3 Å². The number of esters is 1. The van der Waals surface area contributed by atoms with Crippen molar-refractivity contribution in [1.29, 1.82) is 0 Å². The maximum Gasteiger partial charge on any atom is 0.407 e. The van der Waals surface area contributed by atoms with Crippen molar-refractivity contribution < 1.29 is 22.7 Å². The van der Waals surface area contributed by atoms with Crippen LogP contribution in [-0.4, -0.2) is 23.0 Å². The molecule has 0 N–H and O–H groups in total. The Labute approximate surface area is 176 Å². The molecule has 0 bridgehead atoms. The molecule has 0 amide bonds. The quantitative estimate of drug-likeness (QED) is 0.503. The van der Waals surface area contributed by atoms with Crippen LogP contribution in [0.25, 0.3) is 16.1 Å². The van der Waals surface area contributed by atoms with Gasteiger partial charge in [0.2, 0.25) is 0 Å². The lowest BCUT2D eigenvalue weighted by Gasteiger charge is -2.22. The number of hydrogen-bond acceptors (Lipinski definition) is 4. The molecule has 1 fully saturated rings. The molecule has 0 atom stereocenters. The van der Waals surface area contributed by atoms with E-state index in [0.717, 1.165) is 10.7 Å². The van der Waals surface area contributed by atoms with Gasteiger partial charge in [0.05, 0.1) is 30.4 Å². The summed E-state index contributed by atoms with van der Waals surface area (Å²) in [7, 11) is 0. The van der Waals surface area contributed by atoms with E-state index in [2.05, 4.69) is 9.95 Å². The second kappa shape index (κ2) is 9.16. The number of nitrogens with zero attached hydrogens (tertiary/aromatic N) is 3. The van der Waals surface area contributed by atoms with Gasteiger partial charge in [-0.05, 0) is 38.7 Å². The largest absolute Gasteiger partial charge is 0.466 e. The van der Waals surface area contributed by atoms with Crippen LogP contribution in [0, 0.1) is 12.5 Å². The number of halogens is 3. The van der Waals surface area contributed by atoms with Gasteiger partial charge in [-0.3, -0.25) is 9.59 Å². The van der Waals surface area contributed by atoms with E-state index < -0.39 is 23.0 Å². The summed E-state index contributed by atoms with van der Waals surface area (Å²) in [5.41, 5.74) is -2.53. The van der Waals surface area contributed by atoms with Crippen molar-refractivity contribution in [3.8, 4) is 11.3 Å². The number of carbonyl (C=O) groups excluding carboxylic acids is 1. The molecule has 0 spiro atoms. The van der Waals surface area contributed by atoms with Crippen molar-refractivity contribution in [3.63, 3.8) is 0 Å². The van der Waals surface area contributed by atoms with Crippen molar-refractivity contribution in [2.24, 2.45) is 11.0 Å². The summed E-state index contributed by atoms with van der Waals surface area (Å²) in [5.74, 6) is -0.552. The van der Waals surface area contributed by atoms with Crippen LogP contribution in [-0.2, 0) is 15.7 Å². The summed E-state index contributed by atoms with van der Waals surface area (Å²) in [4.78, 5) is 27.6. The first-order chi connectivity index (χ1) is 14.8. The Bertz CT molecular complexity index is 1090. The molecule has 2 aromatic rings. The predicted octanol–water partition coefficient (Wildman–Crippen LogP) is 5.04. The molecule has 9 heteroatoms. The molecular weight excluding hydrogens is 411 g/mol. The van der Waals surface area contributed by atoms with Gasteiger partial charge < -0.3 is 4.74 Å². The SMILES string of the molecule is [C-]#[N+]c1c(C(F)(F)F)cc(-c2ccccc2)n(N=C2CCC(C(=O)OCC)CC2)c1=O. The Hall–Kier alpha value is -3.41. The number of aromatic nitrogens is 1. The summed E-state index contributed by atoms with van der Waals surface area (Å²) in [6.07, 6.45) is -3.10. The molecule has 1 heterocycles. The van der Waals surface area contributed by atoms with E-state index in [-0.39, 0.29) is 24.2 Å². The minimum atomic E-state index is -4.85. The maximum absolute atomic E-state index is 13.5. The molecule has 162 valence electrons. The second-order valence-corrected chi connectivity index (χ2v) is 7.08. The molecule has 31 heavy (non-hydrogen) atoms. The molecule has 0 radical (unpaired) electrons. The topological polar surface area (TPSA) is 65.0 Å². The van der Waals surface area contributed by atoms with Crippen molar-refractivity contribution in [2.45, 2.75) is 38.8 Å². The Morgan fingerprint density at radius 1 is 1.26 bits per heavy atom.